The molecule has 6 heteroatoms. The van der Waals surface area contributed by atoms with E-state index in [-0.39, 0.29) is 11.7 Å². The Hall–Kier alpha value is -3.02. The Bertz CT molecular complexity index is 1090. The molecule has 0 aliphatic heterocycles. The number of carbonyl (C=O) groups is 2. The second-order valence-electron chi connectivity index (χ2n) is 9.52. The topological polar surface area (TPSA) is 82.1 Å². The highest BCUT2D eigenvalue weighted by Crippen LogP contribution is 2.56. The number of ether oxygens (including phenoxy) is 3. The number of ketones is 1. The Morgan fingerprint density at radius 2 is 1.73 bits per heavy atom. The molecule has 2 aromatic carbocycles. The molecule has 0 saturated heterocycles. The Kier molecular flexibility index (Phi) is 5.55. The minimum absolute atomic E-state index is 0.179. The van der Waals surface area contributed by atoms with Gasteiger partial charge < -0.3 is 19.3 Å². The second kappa shape index (κ2) is 8.40. The maximum absolute atomic E-state index is 12.3. The number of aliphatic carboxylic acids is 1. The maximum Gasteiger partial charge on any atom is 0.313 e. The van der Waals surface area contributed by atoms with Gasteiger partial charge in [-0.2, -0.15) is 0 Å². The second-order valence-corrected chi connectivity index (χ2v) is 9.52. The summed E-state index contributed by atoms with van der Waals surface area (Å²) in [5.74, 6) is 1.13. The molecule has 0 amide bonds. The van der Waals surface area contributed by atoms with Gasteiger partial charge in [-0.05, 0) is 61.3 Å². The number of carboxylic acid groups (broad SMARTS) is 1. The molecule has 0 spiro atoms. The van der Waals surface area contributed by atoms with Crippen molar-refractivity contribution in [3.63, 3.8) is 0 Å². The van der Waals surface area contributed by atoms with Crippen LogP contribution >= 0.6 is 0 Å². The molecule has 0 bridgehead atoms. The molecule has 3 aliphatic carbocycles. The predicted octanol–water partition coefficient (Wildman–Crippen LogP) is 5.30. The van der Waals surface area contributed by atoms with Gasteiger partial charge in [0, 0.05) is 17.5 Å². The van der Waals surface area contributed by atoms with E-state index < -0.39 is 17.5 Å². The van der Waals surface area contributed by atoms with Gasteiger partial charge in [0.2, 0.25) is 5.75 Å². The van der Waals surface area contributed by atoms with Crippen molar-refractivity contribution in [1.82, 2.24) is 0 Å². The molecule has 3 aliphatic rings. The lowest BCUT2D eigenvalue weighted by molar-refractivity contribution is -0.148. The fraction of sp³-hybridized carbons (Fsp3) is 0.481. The standard InChI is InChI=1S/C27H30O6/c1-31-22-12-10-20(18-7-9-19-17(15-18)8-11-21(19)28)23(24(22)32-2)33-25(16-5-3-4-6-16)27(13-14-27)26(29)30/h7,9-10,12,15-16,25H,3-6,8,11,13-14H2,1-2H3,(H,29,30). The van der Waals surface area contributed by atoms with Crippen LogP contribution in [0.1, 0.15) is 60.9 Å². The maximum atomic E-state index is 12.3. The predicted molar refractivity (Wildman–Crippen MR) is 123 cm³/mol. The molecule has 2 aromatic rings. The van der Waals surface area contributed by atoms with Crippen LogP contribution in [0.3, 0.4) is 0 Å². The molecule has 33 heavy (non-hydrogen) atoms. The molecule has 1 unspecified atom stereocenters. The van der Waals surface area contributed by atoms with Crippen molar-refractivity contribution in [2.24, 2.45) is 11.3 Å². The normalized spacial score (nSPS) is 19.8. The number of fused-ring (bicyclic) bond motifs is 1. The van der Waals surface area contributed by atoms with Crippen molar-refractivity contribution in [3.05, 3.63) is 41.5 Å². The number of carbonyl (C=O) groups excluding carboxylic acids is 1. The smallest absolute Gasteiger partial charge is 0.313 e. The number of hydrogen-bond acceptors (Lipinski definition) is 5. The summed E-state index contributed by atoms with van der Waals surface area (Å²) in [6.45, 7) is 0. The Balaban J connectivity index is 1.62. The minimum Gasteiger partial charge on any atom is -0.493 e. The van der Waals surface area contributed by atoms with Gasteiger partial charge in [0.15, 0.2) is 17.3 Å². The van der Waals surface area contributed by atoms with Gasteiger partial charge in [-0.25, -0.2) is 0 Å². The SMILES string of the molecule is COc1ccc(-c2ccc3c(c2)CCC3=O)c(OC(C2CCCC2)C2(C(=O)O)CC2)c1OC. The lowest BCUT2D eigenvalue weighted by atomic mass is 9.86. The monoisotopic (exact) mass is 450 g/mol. The van der Waals surface area contributed by atoms with E-state index in [1.807, 2.05) is 30.3 Å². The third kappa shape index (κ3) is 3.65. The van der Waals surface area contributed by atoms with Gasteiger partial charge in [-0.3, -0.25) is 9.59 Å². The highest BCUT2D eigenvalue weighted by atomic mass is 16.5. The highest BCUT2D eigenvalue weighted by Gasteiger charge is 2.60. The fourth-order valence-electron chi connectivity index (χ4n) is 5.67. The van der Waals surface area contributed by atoms with Crippen molar-refractivity contribution in [3.8, 4) is 28.4 Å². The zero-order valence-electron chi connectivity index (χ0n) is 19.2. The van der Waals surface area contributed by atoms with Gasteiger partial charge in [0.25, 0.3) is 0 Å². The van der Waals surface area contributed by atoms with Crippen molar-refractivity contribution in [2.75, 3.05) is 14.2 Å². The Labute approximate surface area is 193 Å². The molecule has 0 aromatic heterocycles. The van der Waals surface area contributed by atoms with Crippen molar-refractivity contribution < 1.29 is 28.9 Å². The van der Waals surface area contributed by atoms with E-state index in [1.165, 1.54) is 0 Å². The summed E-state index contributed by atoms with van der Waals surface area (Å²) in [7, 11) is 3.15. The van der Waals surface area contributed by atoms with E-state index in [2.05, 4.69) is 0 Å². The molecular weight excluding hydrogens is 420 g/mol. The van der Waals surface area contributed by atoms with Gasteiger partial charge in [-0.1, -0.05) is 31.0 Å². The van der Waals surface area contributed by atoms with E-state index in [1.54, 1.807) is 14.2 Å². The number of benzene rings is 2. The largest absolute Gasteiger partial charge is 0.493 e. The summed E-state index contributed by atoms with van der Waals surface area (Å²) in [6, 6.07) is 9.64. The van der Waals surface area contributed by atoms with Crippen molar-refractivity contribution in [2.45, 2.75) is 57.5 Å². The van der Waals surface area contributed by atoms with E-state index in [0.29, 0.717) is 36.5 Å². The number of aryl methyl sites for hydroxylation is 1. The summed E-state index contributed by atoms with van der Waals surface area (Å²) in [4.78, 5) is 24.4. The number of methoxy groups -OCH3 is 2. The molecule has 174 valence electrons. The first-order valence-electron chi connectivity index (χ1n) is 11.8. The van der Waals surface area contributed by atoms with Crippen LogP contribution in [0.25, 0.3) is 11.1 Å². The van der Waals surface area contributed by atoms with Crippen molar-refractivity contribution >= 4 is 11.8 Å². The van der Waals surface area contributed by atoms with E-state index in [0.717, 1.165) is 54.4 Å². The molecule has 2 saturated carbocycles. The Morgan fingerprint density at radius 3 is 2.36 bits per heavy atom. The molecule has 1 atom stereocenters. The first-order valence-corrected chi connectivity index (χ1v) is 11.8. The van der Waals surface area contributed by atoms with Gasteiger partial charge >= 0.3 is 5.97 Å². The summed E-state index contributed by atoms with van der Waals surface area (Å²) in [5, 5.41) is 10.1. The number of hydrogen-bond donors (Lipinski definition) is 1. The first kappa shape index (κ1) is 21.8. The lowest BCUT2D eigenvalue weighted by Gasteiger charge is -2.32. The highest BCUT2D eigenvalue weighted by molar-refractivity contribution is 6.01. The summed E-state index contributed by atoms with van der Waals surface area (Å²) >= 11 is 0. The van der Waals surface area contributed by atoms with Gasteiger partial charge in [-0.15, -0.1) is 0 Å². The van der Waals surface area contributed by atoms with Crippen LogP contribution in [-0.4, -0.2) is 37.2 Å². The van der Waals surface area contributed by atoms with Crippen LogP contribution in [0.15, 0.2) is 30.3 Å². The molecule has 0 heterocycles. The molecule has 5 rings (SSSR count). The first-order chi connectivity index (χ1) is 16.0. The van der Waals surface area contributed by atoms with Gasteiger partial charge in [0.05, 0.1) is 14.2 Å². The van der Waals surface area contributed by atoms with E-state index >= 15 is 0 Å². The van der Waals surface area contributed by atoms with Crippen LogP contribution in [0.4, 0.5) is 0 Å². The van der Waals surface area contributed by atoms with Crippen LogP contribution in [-0.2, 0) is 11.2 Å². The summed E-state index contributed by atoms with van der Waals surface area (Å²) in [6.07, 6.45) is 6.26. The third-order valence-corrected chi connectivity index (χ3v) is 7.67. The van der Waals surface area contributed by atoms with E-state index in [4.69, 9.17) is 14.2 Å². The Morgan fingerprint density at radius 1 is 1.00 bits per heavy atom. The molecule has 1 N–H and O–H groups in total. The number of carboxylic acids is 1. The van der Waals surface area contributed by atoms with Gasteiger partial charge in [0.1, 0.15) is 11.5 Å². The fourth-order valence-corrected chi connectivity index (χ4v) is 5.67. The number of rotatable bonds is 8. The van der Waals surface area contributed by atoms with Crippen LogP contribution in [0.5, 0.6) is 17.2 Å². The molecule has 2 fully saturated rings. The van der Waals surface area contributed by atoms with Crippen LogP contribution in [0, 0.1) is 11.3 Å². The average Bonchev–Trinajstić information content (AvgIpc) is 3.29. The summed E-state index contributed by atoms with van der Waals surface area (Å²) < 4.78 is 18.0. The third-order valence-electron chi connectivity index (χ3n) is 7.67. The molecule has 0 radical (unpaired) electrons. The van der Waals surface area contributed by atoms with E-state index in [9.17, 15) is 14.7 Å². The van der Waals surface area contributed by atoms with Crippen LogP contribution < -0.4 is 14.2 Å². The molecule has 6 nitrogen and oxygen atoms in total. The zero-order chi connectivity index (χ0) is 23.2. The average molecular weight is 451 g/mol. The van der Waals surface area contributed by atoms with Crippen molar-refractivity contribution in [1.29, 1.82) is 0 Å². The minimum atomic E-state index is -0.843. The summed E-state index contributed by atoms with van der Waals surface area (Å²) in [5.41, 5.74) is 2.72. The quantitative estimate of drug-likeness (QED) is 0.588. The molecular formula is C27H30O6. The lowest BCUT2D eigenvalue weighted by Crippen LogP contribution is -2.40. The number of Topliss-reactive ketones (excluding diaryl/α,β-unsaturated/α-hetero) is 1. The van der Waals surface area contributed by atoms with Crippen LogP contribution in [0.2, 0.25) is 0 Å². The zero-order valence-corrected chi connectivity index (χ0v) is 19.2.